The summed E-state index contributed by atoms with van der Waals surface area (Å²) in [7, 11) is 0. The summed E-state index contributed by atoms with van der Waals surface area (Å²) in [5, 5.41) is 0. The third-order valence-corrected chi connectivity index (χ3v) is 0.514. The molecule has 0 aromatic rings. The lowest BCUT2D eigenvalue weighted by Crippen LogP contribution is -2.18. The summed E-state index contributed by atoms with van der Waals surface area (Å²) in [5.74, 6) is 0. The van der Waals surface area contributed by atoms with Gasteiger partial charge in [-0.2, -0.15) is 4.89 Å². The molecule has 54 valence electrons. The van der Waals surface area contributed by atoms with Gasteiger partial charge in [0.05, 0.1) is 0 Å². The molecule has 0 spiro atoms. The smallest absolute Gasteiger partial charge is 0.200 e. The first-order valence-corrected chi connectivity index (χ1v) is 3.41. The second-order valence-electron chi connectivity index (χ2n) is 2.63. The van der Waals surface area contributed by atoms with Gasteiger partial charge in [-0.05, 0) is 43.3 Å². The molecule has 0 unspecified atom stereocenters. The molecule has 0 N–H and O–H groups in total. The number of halogens is 1. The summed E-state index contributed by atoms with van der Waals surface area (Å²) in [6, 6.07) is 0. The molecule has 0 fully saturated rings. The van der Waals surface area contributed by atoms with Crippen molar-refractivity contribution in [3.63, 3.8) is 0 Å². The molecule has 3 heteroatoms. The molecular formula is C6H11BrO2. The van der Waals surface area contributed by atoms with Gasteiger partial charge in [0, 0.05) is 0 Å². The fraction of sp³-hybridized carbons (Fsp3) is 0.667. The average molecular weight is 195 g/mol. The second kappa shape index (κ2) is 3.22. The third-order valence-electron chi connectivity index (χ3n) is 0.382. The molecule has 0 amide bonds. The first-order chi connectivity index (χ1) is 3.92. The highest BCUT2D eigenvalue weighted by Crippen LogP contribution is 2.12. The van der Waals surface area contributed by atoms with E-state index in [2.05, 4.69) is 27.4 Å². The van der Waals surface area contributed by atoms with Gasteiger partial charge in [-0.3, -0.25) is 0 Å². The minimum absolute atomic E-state index is 0.281. The molecule has 2 nitrogen and oxygen atoms in total. The standard InChI is InChI=1S/C6H11BrO2/c1-5(7)8-9-6(2,3)4/h1H2,2-4H3. The minimum Gasteiger partial charge on any atom is -0.330 e. The largest absolute Gasteiger partial charge is 0.330 e. The summed E-state index contributed by atoms with van der Waals surface area (Å²) in [6.45, 7) is 9.10. The van der Waals surface area contributed by atoms with E-state index in [4.69, 9.17) is 4.89 Å². The highest BCUT2D eigenvalue weighted by molar-refractivity contribution is 9.11. The van der Waals surface area contributed by atoms with Gasteiger partial charge in [0.2, 0.25) is 4.67 Å². The Balaban J connectivity index is 3.39. The van der Waals surface area contributed by atoms with Crippen molar-refractivity contribution in [1.29, 1.82) is 0 Å². The van der Waals surface area contributed by atoms with Crippen molar-refractivity contribution in [2.75, 3.05) is 0 Å². The Morgan fingerprint density at radius 1 is 1.44 bits per heavy atom. The van der Waals surface area contributed by atoms with Crippen LogP contribution in [0.3, 0.4) is 0 Å². The van der Waals surface area contributed by atoms with Crippen LogP contribution in [-0.2, 0) is 9.78 Å². The van der Waals surface area contributed by atoms with Crippen LogP contribution in [0.4, 0.5) is 0 Å². The first-order valence-electron chi connectivity index (χ1n) is 2.62. The minimum atomic E-state index is -0.281. The lowest BCUT2D eigenvalue weighted by Gasteiger charge is -2.16. The van der Waals surface area contributed by atoms with E-state index < -0.39 is 0 Å². The molecular weight excluding hydrogens is 184 g/mol. The van der Waals surface area contributed by atoms with Gasteiger partial charge >= 0.3 is 0 Å². The van der Waals surface area contributed by atoms with Crippen LogP contribution in [0.5, 0.6) is 0 Å². The summed E-state index contributed by atoms with van der Waals surface area (Å²) in [4.78, 5) is 9.47. The van der Waals surface area contributed by atoms with Gasteiger partial charge in [0.1, 0.15) is 5.60 Å². The van der Waals surface area contributed by atoms with Crippen LogP contribution in [0.2, 0.25) is 0 Å². The predicted molar refractivity (Wildman–Crippen MR) is 40.0 cm³/mol. The molecule has 0 heterocycles. The van der Waals surface area contributed by atoms with Crippen molar-refractivity contribution in [1.82, 2.24) is 0 Å². The summed E-state index contributed by atoms with van der Waals surface area (Å²) in [6.07, 6.45) is 0. The zero-order chi connectivity index (χ0) is 7.49. The molecule has 0 saturated heterocycles. The van der Waals surface area contributed by atoms with Crippen molar-refractivity contribution in [3.05, 3.63) is 11.2 Å². The van der Waals surface area contributed by atoms with Gasteiger partial charge < -0.3 is 4.89 Å². The monoisotopic (exact) mass is 194 g/mol. The van der Waals surface area contributed by atoms with Crippen molar-refractivity contribution in [2.24, 2.45) is 0 Å². The topological polar surface area (TPSA) is 18.5 Å². The first kappa shape index (κ1) is 8.98. The van der Waals surface area contributed by atoms with Gasteiger partial charge in [-0.1, -0.05) is 0 Å². The molecule has 0 aliphatic carbocycles. The van der Waals surface area contributed by atoms with Crippen molar-refractivity contribution >= 4 is 15.9 Å². The van der Waals surface area contributed by atoms with E-state index in [1.54, 1.807) is 0 Å². The van der Waals surface area contributed by atoms with Crippen LogP contribution in [0, 0.1) is 0 Å². The Hall–Kier alpha value is -0.0200. The van der Waals surface area contributed by atoms with Crippen molar-refractivity contribution < 1.29 is 9.78 Å². The maximum atomic E-state index is 4.84. The quantitative estimate of drug-likeness (QED) is 0.383. The summed E-state index contributed by atoms with van der Waals surface area (Å²) >= 11 is 2.99. The fourth-order valence-electron chi connectivity index (χ4n) is 0.170. The fourth-order valence-corrected chi connectivity index (χ4v) is 0.236. The van der Waals surface area contributed by atoms with Crippen LogP contribution in [0.1, 0.15) is 20.8 Å². The van der Waals surface area contributed by atoms with Gasteiger partial charge in [0.25, 0.3) is 0 Å². The Labute approximate surface area is 63.9 Å². The molecule has 0 aliphatic rings. The van der Waals surface area contributed by atoms with Crippen molar-refractivity contribution in [3.8, 4) is 0 Å². The van der Waals surface area contributed by atoms with Gasteiger partial charge in [-0.15, -0.1) is 0 Å². The van der Waals surface area contributed by atoms with Crippen LogP contribution in [0.25, 0.3) is 0 Å². The van der Waals surface area contributed by atoms with E-state index in [-0.39, 0.29) is 5.60 Å². The molecule has 0 aliphatic heterocycles. The van der Waals surface area contributed by atoms with E-state index in [0.717, 1.165) is 0 Å². The molecule has 0 radical (unpaired) electrons. The molecule has 0 rings (SSSR count). The highest BCUT2D eigenvalue weighted by Gasteiger charge is 2.11. The second-order valence-corrected chi connectivity index (χ2v) is 3.52. The molecule has 0 bridgehead atoms. The predicted octanol–water partition coefficient (Wildman–Crippen LogP) is 2.60. The van der Waals surface area contributed by atoms with Crippen LogP contribution in [0.15, 0.2) is 11.2 Å². The highest BCUT2D eigenvalue weighted by atomic mass is 79.9. The van der Waals surface area contributed by atoms with E-state index in [1.165, 1.54) is 0 Å². The third kappa shape index (κ3) is 7.98. The molecule has 9 heavy (non-hydrogen) atoms. The maximum absolute atomic E-state index is 4.84. The van der Waals surface area contributed by atoms with Crippen LogP contribution in [-0.4, -0.2) is 5.60 Å². The maximum Gasteiger partial charge on any atom is 0.200 e. The van der Waals surface area contributed by atoms with Gasteiger partial charge in [-0.25, -0.2) is 0 Å². The number of hydrogen-bond donors (Lipinski definition) is 0. The zero-order valence-corrected chi connectivity index (χ0v) is 7.49. The van der Waals surface area contributed by atoms with E-state index >= 15 is 0 Å². The lowest BCUT2D eigenvalue weighted by atomic mass is 10.2. The Morgan fingerprint density at radius 2 is 1.89 bits per heavy atom. The average Bonchev–Trinajstić information content (AvgIpc) is 1.59. The molecule has 0 aromatic carbocycles. The molecule has 0 saturated carbocycles. The van der Waals surface area contributed by atoms with Crippen LogP contribution < -0.4 is 0 Å². The normalized spacial score (nSPS) is 11.1. The van der Waals surface area contributed by atoms with Crippen LogP contribution >= 0.6 is 15.9 Å². The Kier molecular flexibility index (Phi) is 3.22. The lowest BCUT2D eigenvalue weighted by molar-refractivity contribution is -0.313. The Bertz CT molecular complexity index is 104. The Morgan fingerprint density at radius 3 is 2.00 bits per heavy atom. The molecule has 0 aromatic heterocycles. The van der Waals surface area contributed by atoms with E-state index in [0.29, 0.717) is 4.67 Å². The molecule has 0 atom stereocenters. The number of hydrogen-bond acceptors (Lipinski definition) is 2. The summed E-state index contributed by atoms with van der Waals surface area (Å²) in [5.41, 5.74) is -0.281. The summed E-state index contributed by atoms with van der Waals surface area (Å²) < 4.78 is 0.387. The van der Waals surface area contributed by atoms with E-state index in [9.17, 15) is 0 Å². The zero-order valence-electron chi connectivity index (χ0n) is 5.90. The number of rotatable bonds is 2. The van der Waals surface area contributed by atoms with E-state index in [1.807, 2.05) is 20.8 Å². The van der Waals surface area contributed by atoms with Crippen molar-refractivity contribution in [2.45, 2.75) is 26.4 Å². The SMILES string of the molecule is C=C(Br)OOC(C)(C)C. The van der Waals surface area contributed by atoms with Gasteiger partial charge in [0.15, 0.2) is 0 Å².